The summed E-state index contributed by atoms with van der Waals surface area (Å²) in [6.45, 7) is 10.2. The van der Waals surface area contributed by atoms with Crippen molar-refractivity contribution in [2.24, 2.45) is 0 Å². The maximum atomic E-state index is 12.4. The summed E-state index contributed by atoms with van der Waals surface area (Å²) in [6.07, 6.45) is 2.82. The Labute approximate surface area is 159 Å². The molecule has 1 aromatic heterocycles. The van der Waals surface area contributed by atoms with Crippen molar-refractivity contribution >= 4 is 23.4 Å². The molecule has 0 atom stereocenters. The maximum absolute atomic E-state index is 12.4. The Morgan fingerprint density at radius 1 is 1.19 bits per heavy atom. The number of rotatable bonds is 5. The van der Waals surface area contributed by atoms with Gasteiger partial charge in [0, 0.05) is 17.8 Å². The van der Waals surface area contributed by atoms with Crippen LogP contribution in [-0.2, 0) is 16.6 Å². The third-order valence-electron chi connectivity index (χ3n) is 4.32. The summed E-state index contributed by atoms with van der Waals surface area (Å²) in [5.74, 6) is -0.0644. The first-order chi connectivity index (χ1) is 12.1. The first-order valence-corrected chi connectivity index (χ1v) is 9.85. The van der Waals surface area contributed by atoms with Crippen molar-refractivity contribution in [2.75, 3.05) is 11.6 Å². The minimum Gasteiger partial charge on any atom is -0.506 e. The fraction of sp³-hybridized carbons (Fsp3) is 0.450. The summed E-state index contributed by atoms with van der Waals surface area (Å²) in [5, 5.41) is 13.6. The number of amides is 1. The van der Waals surface area contributed by atoms with Gasteiger partial charge in [-0.25, -0.2) is 9.97 Å². The summed E-state index contributed by atoms with van der Waals surface area (Å²) < 4.78 is 0. The van der Waals surface area contributed by atoms with Gasteiger partial charge < -0.3 is 10.4 Å². The molecule has 0 saturated heterocycles. The normalized spacial score (nSPS) is 11.5. The van der Waals surface area contributed by atoms with E-state index in [1.54, 1.807) is 6.07 Å². The number of nitrogens with one attached hydrogen (secondary N) is 1. The highest BCUT2D eigenvalue weighted by Gasteiger charge is 2.17. The molecule has 0 saturated carbocycles. The van der Waals surface area contributed by atoms with Gasteiger partial charge in [0.25, 0.3) is 0 Å². The van der Waals surface area contributed by atoms with Crippen LogP contribution >= 0.6 is 11.8 Å². The molecule has 6 heteroatoms. The van der Waals surface area contributed by atoms with Gasteiger partial charge >= 0.3 is 0 Å². The number of thioether (sulfide) groups is 1. The molecule has 0 bridgehead atoms. The van der Waals surface area contributed by atoms with Crippen molar-refractivity contribution in [2.45, 2.75) is 58.0 Å². The molecule has 0 aliphatic heterocycles. The predicted molar refractivity (Wildman–Crippen MR) is 107 cm³/mol. The van der Waals surface area contributed by atoms with E-state index in [0.717, 1.165) is 27.7 Å². The molecule has 5 nitrogen and oxygen atoms in total. The summed E-state index contributed by atoms with van der Waals surface area (Å²) in [5.41, 5.74) is 4.27. The number of carbonyl (C=O) groups excluding carboxylic acids is 1. The molecule has 1 heterocycles. The Morgan fingerprint density at radius 2 is 1.81 bits per heavy atom. The zero-order chi connectivity index (χ0) is 19.5. The average molecular weight is 374 g/mol. The molecule has 2 rings (SSSR count). The van der Waals surface area contributed by atoms with Crippen LogP contribution < -0.4 is 5.32 Å². The van der Waals surface area contributed by atoms with E-state index in [4.69, 9.17) is 0 Å². The van der Waals surface area contributed by atoms with Crippen molar-refractivity contribution < 1.29 is 9.90 Å². The van der Waals surface area contributed by atoms with Gasteiger partial charge in [-0.15, -0.1) is 0 Å². The standard InChI is InChI=1S/C20H27N3O2S/c1-12-15(13(2)22-19(21-12)26-6)8-10-18(25)23-16-11-14(20(3,4)5)7-9-17(16)24/h7,9,11,24H,8,10H2,1-6H3,(H,23,25). The summed E-state index contributed by atoms with van der Waals surface area (Å²) in [7, 11) is 0. The van der Waals surface area contributed by atoms with Crippen LogP contribution in [0.5, 0.6) is 5.75 Å². The highest BCUT2D eigenvalue weighted by Crippen LogP contribution is 2.30. The number of aromatic nitrogens is 2. The Balaban J connectivity index is 2.09. The molecule has 0 spiro atoms. The lowest BCUT2D eigenvalue weighted by Gasteiger charge is -2.20. The lowest BCUT2D eigenvalue weighted by molar-refractivity contribution is -0.116. The molecular formula is C20H27N3O2S. The molecule has 140 valence electrons. The number of carbonyl (C=O) groups is 1. The number of phenolic OH excluding ortho intramolecular Hbond substituents is 1. The van der Waals surface area contributed by atoms with Crippen molar-refractivity contribution in [3.63, 3.8) is 0 Å². The number of hydrogen-bond acceptors (Lipinski definition) is 5. The monoisotopic (exact) mass is 373 g/mol. The fourth-order valence-electron chi connectivity index (χ4n) is 2.72. The van der Waals surface area contributed by atoms with Crippen molar-refractivity contribution in [1.82, 2.24) is 9.97 Å². The second-order valence-corrected chi connectivity index (χ2v) is 8.16. The number of anilines is 1. The Kier molecular flexibility index (Phi) is 6.29. The number of phenols is 1. The Morgan fingerprint density at radius 3 is 2.35 bits per heavy atom. The Hall–Kier alpha value is -2.08. The third kappa shape index (κ3) is 4.97. The van der Waals surface area contributed by atoms with Gasteiger partial charge in [-0.05, 0) is 55.2 Å². The van der Waals surface area contributed by atoms with Gasteiger partial charge in [-0.1, -0.05) is 38.6 Å². The van der Waals surface area contributed by atoms with E-state index in [1.807, 2.05) is 32.2 Å². The second kappa shape index (κ2) is 8.08. The smallest absolute Gasteiger partial charge is 0.224 e. The van der Waals surface area contributed by atoms with Crippen LogP contribution in [-0.4, -0.2) is 27.2 Å². The highest BCUT2D eigenvalue weighted by atomic mass is 32.2. The van der Waals surface area contributed by atoms with Crippen LogP contribution in [0, 0.1) is 13.8 Å². The van der Waals surface area contributed by atoms with Crippen LogP contribution in [0.4, 0.5) is 5.69 Å². The lowest BCUT2D eigenvalue weighted by atomic mass is 9.87. The zero-order valence-electron chi connectivity index (χ0n) is 16.3. The van der Waals surface area contributed by atoms with Gasteiger partial charge in [0.2, 0.25) is 5.91 Å². The van der Waals surface area contributed by atoms with Crippen molar-refractivity contribution in [1.29, 1.82) is 0 Å². The van der Waals surface area contributed by atoms with Crippen LogP contribution in [0.1, 0.15) is 49.7 Å². The molecule has 0 unspecified atom stereocenters. The maximum Gasteiger partial charge on any atom is 0.224 e. The molecule has 1 amide bonds. The van der Waals surface area contributed by atoms with E-state index in [-0.39, 0.29) is 17.1 Å². The molecule has 1 aromatic carbocycles. The van der Waals surface area contributed by atoms with E-state index in [2.05, 4.69) is 36.1 Å². The van der Waals surface area contributed by atoms with E-state index in [9.17, 15) is 9.90 Å². The van der Waals surface area contributed by atoms with E-state index >= 15 is 0 Å². The van der Waals surface area contributed by atoms with Crippen molar-refractivity contribution in [3.05, 3.63) is 40.7 Å². The molecular weight excluding hydrogens is 346 g/mol. The van der Waals surface area contributed by atoms with Crippen LogP contribution in [0.25, 0.3) is 0 Å². The van der Waals surface area contributed by atoms with Gasteiger partial charge in [-0.3, -0.25) is 4.79 Å². The molecule has 0 aliphatic rings. The largest absolute Gasteiger partial charge is 0.506 e. The highest BCUT2D eigenvalue weighted by molar-refractivity contribution is 7.98. The molecule has 0 radical (unpaired) electrons. The first-order valence-electron chi connectivity index (χ1n) is 8.63. The minimum absolute atomic E-state index is 0.0578. The molecule has 26 heavy (non-hydrogen) atoms. The van der Waals surface area contributed by atoms with Crippen LogP contribution in [0.3, 0.4) is 0 Å². The van der Waals surface area contributed by atoms with Gasteiger partial charge in [0.15, 0.2) is 5.16 Å². The summed E-state index contributed by atoms with van der Waals surface area (Å²) in [6, 6.07) is 5.34. The predicted octanol–water partition coefficient (Wildman–Crippen LogP) is 4.39. The quantitative estimate of drug-likeness (QED) is 0.462. The third-order valence-corrected chi connectivity index (χ3v) is 4.87. The summed E-state index contributed by atoms with van der Waals surface area (Å²) in [4.78, 5) is 21.3. The molecule has 0 aliphatic carbocycles. The van der Waals surface area contributed by atoms with E-state index in [0.29, 0.717) is 18.5 Å². The number of hydrogen-bond donors (Lipinski definition) is 2. The Bertz CT molecular complexity index is 790. The van der Waals surface area contributed by atoms with Crippen LogP contribution in [0.2, 0.25) is 0 Å². The van der Waals surface area contributed by atoms with Gasteiger partial charge in [0.05, 0.1) is 5.69 Å². The SMILES string of the molecule is CSc1nc(C)c(CCC(=O)Nc2cc(C(C)(C)C)ccc2O)c(C)n1. The average Bonchev–Trinajstić information content (AvgIpc) is 2.54. The molecule has 2 N–H and O–H groups in total. The lowest BCUT2D eigenvalue weighted by Crippen LogP contribution is -2.16. The van der Waals surface area contributed by atoms with Crippen LogP contribution in [0.15, 0.2) is 23.4 Å². The summed E-state index contributed by atoms with van der Waals surface area (Å²) >= 11 is 1.51. The number of aromatic hydroxyl groups is 1. The number of nitrogens with zero attached hydrogens (tertiary/aromatic N) is 2. The molecule has 0 fully saturated rings. The van der Waals surface area contributed by atoms with E-state index in [1.165, 1.54) is 11.8 Å². The van der Waals surface area contributed by atoms with Crippen molar-refractivity contribution in [3.8, 4) is 5.75 Å². The minimum atomic E-state index is -0.140. The number of aryl methyl sites for hydroxylation is 2. The first kappa shape index (κ1) is 20.2. The van der Waals surface area contributed by atoms with Gasteiger partial charge in [0.1, 0.15) is 5.75 Å². The molecule has 2 aromatic rings. The topological polar surface area (TPSA) is 75.1 Å². The van der Waals surface area contributed by atoms with Gasteiger partial charge in [-0.2, -0.15) is 0 Å². The number of benzene rings is 1. The fourth-order valence-corrected chi connectivity index (χ4v) is 3.17. The zero-order valence-corrected chi connectivity index (χ0v) is 17.1. The van der Waals surface area contributed by atoms with E-state index < -0.39 is 0 Å². The second-order valence-electron chi connectivity index (χ2n) is 7.39.